The van der Waals surface area contributed by atoms with Crippen molar-refractivity contribution in [2.45, 2.75) is 104 Å². The fourth-order valence-electron chi connectivity index (χ4n) is 9.40. The molecule has 4 saturated carbocycles. The zero-order valence-electron chi connectivity index (χ0n) is 22.2. The number of amides is 1. The van der Waals surface area contributed by atoms with Gasteiger partial charge in [0.05, 0.1) is 11.7 Å². The molecular weight excluding hydrogens is 450 g/mol. The Balaban J connectivity index is 1.13. The lowest BCUT2D eigenvalue weighted by Crippen LogP contribution is -2.57. The largest absolute Gasteiger partial charge is 0.478 e. The summed E-state index contributed by atoms with van der Waals surface area (Å²) in [6.45, 7) is 5.51. The molecule has 0 spiro atoms. The van der Waals surface area contributed by atoms with Crippen LogP contribution in [0.3, 0.4) is 0 Å². The summed E-state index contributed by atoms with van der Waals surface area (Å²) >= 11 is 0. The highest BCUT2D eigenvalue weighted by atomic mass is 16.4. The van der Waals surface area contributed by atoms with Crippen molar-refractivity contribution in [1.82, 2.24) is 5.32 Å². The highest BCUT2D eigenvalue weighted by Crippen LogP contribution is 2.67. The number of aliphatic hydroxyl groups excluding tert-OH is 1. The summed E-state index contributed by atoms with van der Waals surface area (Å²) in [6.07, 6.45) is 13.9. The topological polar surface area (TPSA) is 86.6 Å². The van der Waals surface area contributed by atoms with E-state index in [0.717, 1.165) is 30.7 Å². The number of hydrogen-bond acceptors (Lipinski definition) is 3. The van der Waals surface area contributed by atoms with Gasteiger partial charge in [-0.15, -0.1) is 0 Å². The lowest BCUT2D eigenvalue weighted by molar-refractivity contribution is -0.162. The van der Waals surface area contributed by atoms with E-state index in [0.29, 0.717) is 47.5 Å². The minimum Gasteiger partial charge on any atom is -0.478 e. The first kappa shape index (κ1) is 25.8. The molecule has 0 bridgehead atoms. The molecule has 1 aromatic rings. The summed E-state index contributed by atoms with van der Waals surface area (Å²) in [4.78, 5) is 23.5. The number of aliphatic hydroxyl groups is 1. The molecule has 8 atom stereocenters. The van der Waals surface area contributed by atoms with Gasteiger partial charge in [0.15, 0.2) is 0 Å². The van der Waals surface area contributed by atoms with Crippen LogP contribution >= 0.6 is 0 Å². The van der Waals surface area contributed by atoms with Crippen molar-refractivity contribution < 1.29 is 19.8 Å². The number of carbonyl (C=O) groups excluding carboxylic acids is 1. The molecule has 0 heterocycles. The minimum absolute atomic E-state index is 0.0692. The maximum absolute atomic E-state index is 12.5. The molecule has 0 radical (unpaired) electrons. The van der Waals surface area contributed by atoms with Crippen LogP contribution in [0.15, 0.2) is 24.3 Å². The number of hydrogen-bond donors (Lipinski definition) is 3. The molecule has 5 rings (SSSR count). The van der Waals surface area contributed by atoms with Gasteiger partial charge in [-0.1, -0.05) is 38.8 Å². The van der Waals surface area contributed by atoms with Crippen molar-refractivity contribution >= 4 is 11.9 Å². The van der Waals surface area contributed by atoms with E-state index in [1.165, 1.54) is 51.4 Å². The number of fused-ring (bicyclic) bond motifs is 5. The number of rotatable bonds is 7. The summed E-state index contributed by atoms with van der Waals surface area (Å²) in [5, 5.41) is 23.4. The molecule has 3 N–H and O–H groups in total. The molecule has 36 heavy (non-hydrogen) atoms. The normalized spacial score (nSPS) is 39.5. The predicted octanol–water partition coefficient (Wildman–Crippen LogP) is 6.19. The van der Waals surface area contributed by atoms with Gasteiger partial charge in [-0.05, 0) is 116 Å². The molecule has 5 heteroatoms. The zero-order valence-corrected chi connectivity index (χ0v) is 22.2. The second kappa shape index (κ2) is 10.1. The Morgan fingerprint density at radius 3 is 2.47 bits per heavy atom. The molecule has 8 unspecified atom stereocenters. The van der Waals surface area contributed by atoms with Gasteiger partial charge in [0, 0.05) is 13.0 Å². The summed E-state index contributed by atoms with van der Waals surface area (Å²) in [6, 6.07) is 6.67. The van der Waals surface area contributed by atoms with Crippen molar-refractivity contribution in [3.63, 3.8) is 0 Å². The summed E-state index contributed by atoms with van der Waals surface area (Å²) in [5.41, 5.74) is 1.92. The third-order valence-electron chi connectivity index (χ3n) is 11.4. The number of benzene rings is 1. The van der Waals surface area contributed by atoms with E-state index < -0.39 is 5.97 Å². The van der Waals surface area contributed by atoms with E-state index in [9.17, 15) is 14.7 Å². The van der Waals surface area contributed by atoms with E-state index >= 15 is 0 Å². The van der Waals surface area contributed by atoms with Crippen LogP contribution < -0.4 is 5.32 Å². The molecule has 0 saturated heterocycles. The molecule has 4 aliphatic carbocycles. The van der Waals surface area contributed by atoms with Gasteiger partial charge in [0.25, 0.3) is 0 Å². The molecular formula is C31H45NO4. The second-order valence-corrected chi connectivity index (χ2v) is 13.0. The van der Waals surface area contributed by atoms with Crippen LogP contribution in [-0.2, 0) is 11.3 Å². The molecule has 4 fully saturated rings. The number of nitrogens with one attached hydrogen (secondary N) is 1. The third-order valence-corrected chi connectivity index (χ3v) is 11.4. The Labute approximate surface area is 216 Å². The first-order valence-electron chi connectivity index (χ1n) is 14.5. The quantitative estimate of drug-likeness (QED) is 0.421. The Bertz CT molecular complexity index is 960. The van der Waals surface area contributed by atoms with E-state index in [1.54, 1.807) is 24.3 Å². The average molecular weight is 496 g/mol. The van der Waals surface area contributed by atoms with Gasteiger partial charge in [-0.2, -0.15) is 0 Å². The van der Waals surface area contributed by atoms with Crippen LogP contribution in [0.25, 0.3) is 0 Å². The highest BCUT2D eigenvalue weighted by molar-refractivity contribution is 5.87. The highest BCUT2D eigenvalue weighted by Gasteiger charge is 2.61. The van der Waals surface area contributed by atoms with Gasteiger partial charge >= 0.3 is 5.97 Å². The van der Waals surface area contributed by atoms with Crippen molar-refractivity contribution in [3.05, 3.63) is 35.4 Å². The van der Waals surface area contributed by atoms with Gasteiger partial charge in [-0.3, -0.25) is 4.79 Å². The maximum atomic E-state index is 12.5. The number of carboxylic acids is 1. The van der Waals surface area contributed by atoms with Gasteiger partial charge in [-0.25, -0.2) is 4.79 Å². The molecule has 4 aliphatic rings. The standard InChI is InChI=1S/C31H45NO4/c1-30-16-4-3-6-23(30)18-26(33)28-24-14-13-22(31(24,2)17-15-25(28)30)7-5-8-27(34)32-19-20-9-11-21(12-10-20)29(35)36/h9-12,22-26,28,33H,3-8,13-19H2,1-2H3,(H,32,34)(H,35,36). The van der Waals surface area contributed by atoms with Crippen molar-refractivity contribution in [2.24, 2.45) is 40.4 Å². The molecule has 198 valence electrons. The molecule has 1 amide bonds. The fourth-order valence-corrected chi connectivity index (χ4v) is 9.40. The molecule has 0 aliphatic heterocycles. The number of carbonyl (C=O) groups is 2. The van der Waals surface area contributed by atoms with Crippen molar-refractivity contribution in [3.8, 4) is 0 Å². The van der Waals surface area contributed by atoms with Gasteiger partial charge in [0.2, 0.25) is 5.91 Å². The average Bonchev–Trinajstić information content (AvgIpc) is 3.19. The summed E-state index contributed by atoms with van der Waals surface area (Å²) < 4.78 is 0. The SMILES string of the molecule is CC12CCC3C(C(O)CC4CCCCC43C)C1CCC2CCCC(=O)NCc1ccc(C(=O)O)cc1. The first-order valence-corrected chi connectivity index (χ1v) is 14.5. The lowest BCUT2D eigenvalue weighted by Gasteiger charge is -2.62. The van der Waals surface area contributed by atoms with Crippen LogP contribution in [0, 0.1) is 40.4 Å². The Kier molecular flexibility index (Phi) is 7.24. The minimum atomic E-state index is -0.938. The summed E-state index contributed by atoms with van der Waals surface area (Å²) in [5.74, 6) is 2.31. The molecule has 1 aromatic carbocycles. The second-order valence-electron chi connectivity index (χ2n) is 13.0. The molecule has 5 nitrogen and oxygen atoms in total. The van der Waals surface area contributed by atoms with Crippen LogP contribution in [0.1, 0.15) is 107 Å². The van der Waals surface area contributed by atoms with E-state index in [2.05, 4.69) is 19.2 Å². The van der Waals surface area contributed by atoms with Crippen LogP contribution in [-0.4, -0.2) is 28.2 Å². The maximum Gasteiger partial charge on any atom is 0.335 e. The lowest BCUT2D eigenvalue weighted by atomic mass is 9.44. The van der Waals surface area contributed by atoms with Crippen LogP contribution in [0.5, 0.6) is 0 Å². The third kappa shape index (κ3) is 4.61. The smallest absolute Gasteiger partial charge is 0.335 e. The fraction of sp³-hybridized carbons (Fsp3) is 0.742. The molecule has 0 aromatic heterocycles. The summed E-state index contributed by atoms with van der Waals surface area (Å²) in [7, 11) is 0. The van der Waals surface area contributed by atoms with E-state index in [1.807, 2.05) is 0 Å². The first-order chi connectivity index (χ1) is 17.2. The zero-order chi connectivity index (χ0) is 25.5. The predicted molar refractivity (Wildman–Crippen MR) is 140 cm³/mol. The Hall–Kier alpha value is -1.88. The number of aromatic carboxylic acids is 1. The van der Waals surface area contributed by atoms with E-state index in [-0.39, 0.29) is 17.6 Å². The monoisotopic (exact) mass is 495 g/mol. The van der Waals surface area contributed by atoms with Crippen molar-refractivity contribution in [2.75, 3.05) is 0 Å². The van der Waals surface area contributed by atoms with E-state index in [4.69, 9.17) is 5.11 Å². The van der Waals surface area contributed by atoms with Gasteiger partial charge < -0.3 is 15.5 Å². The Morgan fingerprint density at radius 1 is 0.972 bits per heavy atom. The van der Waals surface area contributed by atoms with Crippen molar-refractivity contribution in [1.29, 1.82) is 0 Å². The number of carboxylic acid groups (broad SMARTS) is 1. The van der Waals surface area contributed by atoms with Crippen LogP contribution in [0.4, 0.5) is 0 Å². The van der Waals surface area contributed by atoms with Gasteiger partial charge in [0.1, 0.15) is 0 Å². The van der Waals surface area contributed by atoms with Crippen LogP contribution in [0.2, 0.25) is 0 Å². The Morgan fingerprint density at radius 2 is 1.72 bits per heavy atom.